The Bertz CT molecular complexity index is 692. The molecule has 0 saturated carbocycles. The van der Waals surface area contributed by atoms with E-state index in [4.69, 9.17) is 23.2 Å². The van der Waals surface area contributed by atoms with Crippen molar-refractivity contribution < 1.29 is 4.79 Å². The van der Waals surface area contributed by atoms with Crippen LogP contribution in [0, 0.1) is 13.8 Å². The lowest BCUT2D eigenvalue weighted by molar-refractivity contribution is -0.121. The molecule has 0 spiro atoms. The van der Waals surface area contributed by atoms with E-state index < -0.39 is 0 Å². The Morgan fingerprint density at radius 1 is 1.13 bits per heavy atom. The van der Waals surface area contributed by atoms with Crippen LogP contribution in [-0.4, -0.2) is 5.91 Å². The molecule has 2 rings (SSSR count). The summed E-state index contributed by atoms with van der Waals surface area (Å²) >= 11 is 12.3. The normalized spacial score (nSPS) is 12.0. The van der Waals surface area contributed by atoms with E-state index in [9.17, 15) is 4.79 Å². The molecule has 0 aromatic heterocycles. The van der Waals surface area contributed by atoms with Crippen LogP contribution in [0.4, 0.5) is 0 Å². The van der Waals surface area contributed by atoms with E-state index in [1.54, 1.807) is 18.2 Å². The molecule has 0 unspecified atom stereocenters. The standard InChI is InChI=1S/C19H21Cl2NO/c1-12-7-8-15(13(2)11-12)14(3)22-19(23)10-9-16-17(20)5-4-6-18(16)21/h4-8,11,14H,9-10H2,1-3H3,(H,22,23)/t14-/m0/s1. The lowest BCUT2D eigenvalue weighted by Gasteiger charge is -2.17. The van der Waals surface area contributed by atoms with Crippen LogP contribution in [0.3, 0.4) is 0 Å². The summed E-state index contributed by atoms with van der Waals surface area (Å²) in [5.41, 5.74) is 4.37. The monoisotopic (exact) mass is 349 g/mol. The molecular formula is C19H21Cl2NO. The predicted octanol–water partition coefficient (Wildman–Crippen LogP) is 5.42. The molecule has 0 aliphatic heterocycles. The van der Waals surface area contributed by atoms with Crippen molar-refractivity contribution in [2.24, 2.45) is 0 Å². The third kappa shape index (κ3) is 4.73. The summed E-state index contributed by atoms with van der Waals surface area (Å²) in [5, 5.41) is 4.25. The van der Waals surface area contributed by atoms with Crippen molar-refractivity contribution in [3.63, 3.8) is 0 Å². The van der Waals surface area contributed by atoms with Gasteiger partial charge in [-0.25, -0.2) is 0 Å². The molecular weight excluding hydrogens is 329 g/mol. The van der Waals surface area contributed by atoms with Crippen LogP contribution in [0.15, 0.2) is 36.4 Å². The first-order valence-corrected chi connectivity index (χ1v) is 8.43. The van der Waals surface area contributed by atoms with Gasteiger partial charge in [-0.1, -0.05) is 53.0 Å². The lowest BCUT2D eigenvalue weighted by Crippen LogP contribution is -2.27. The fraction of sp³-hybridized carbons (Fsp3) is 0.316. The fourth-order valence-corrected chi connectivity index (χ4v) is 3.30. The van der Waals surface area contributed by atoms with Crippen LogP contribution in [-0.2, 0) is 11.2 Å². The summed E-state index contributed by atoms with van der Waals surface area (Å²) < 4.78 is 0. The van der Waals surface area contributed by atoms with Crippen LogP contribution in [0.25, 0.3) is 0 Å². The van der Waals surface area contributed by atoms with Crippen LogP contribution in [0.2, 0.25) is 10.0 Å². The molecule has 1 atom stereocenters. The molecule has 1 amide bonds. The van der Waals surface area contributed by atoms with E-state index in [0.717, 1.165) is 11.1 Å². The van der Waals surface area contributed by atoms with Gasteiger partial charge in [-0.15, -0.1) is 0 Å². The van der Waals surface area contributed by atoms with Crippen molar-refractivity contribution in [2.45, 2.75) is 39.7 Å². The molecule has 0 aliphatic carbocycles. The second-order valence-corrected chi connectivity index (χ2v) is 6.66. The highest BCUT2D eigenvalue weighted by Crippen LogP contribution is 2.25. The summed E-state index contributed by atoms with van der Waals surface area (Å²) in [6.07, 6.45) is 0.892. The van der Waals surface area contributed by atoms with Crippen molar-refractivity contribution in [1.29, 1.82) is 0 Å². The minimum atomic E-state index is -0.0233. The van der Waals surface area contributed by atoms with E-state index >= 15 is 0 Å². The first-order chi connectivity index (χ1) is 10.9. The molecule has 0 aliphatic rings. The fourth-order valence-electron chi connectivity index (χ4n) is 2.71. The second kappa shape index (κ2) is 7.85. The van der Waals surface area contributed by atoms with E-state index in [1.807, 2.05) is 6.92 Å². The molecule has 122 valence electrons. The zero-order valence-electron chi connectivity index (χ0n) is 13.6. The molecule has 4 heteroatoms. The van der Waals surface area contributed by atoms with Gasteiger partial charge in [0.1, 0.15) is 0 Å². The molecule has 0 bridgehead atoms. The SMILES string of the molecule is Cc1ccc([C@H](C)NC(=O)CCc2c(Cl)cccc2Cl)c(C)c1. The molecule has 1 N–H and O–H groups in total. The molecule has 2 nitrogen and oxygen atoms in total. The number of rotatable bonds is 5. The molecule has 0 heterocycles. The summed E-state index contributed by atoms with van der Waals surface area (Å²) in [7, 11) is 0. The van der Waals surface area contributed by atoms with Crippen LogP contribution in [0.5, 0.6) is 0 Å². The number of aryl methyl sites for hydroxylation is 2. The largest absolute Gasteiger partial charge is 0.350 e. The molecule has 2 aromatic rings. The number of benzene rings is 2. The van der Waals surface area contributed by atoms with Crippen LogP contribution >= 0.6 is 23.2 Å². The van der Waals surface area contributed by atoms with Crippen molar-refractivity contribution in [3.05, 3.63) is 68.7 Å². The summed E-state index contributed by atoms with van der Waals surface area (Å²) in [6.45, 7) is 6.12. The highest BCUT2D eigenvalue weighted by atomic mass is 35.5. The maximum Gasteiger partial charge on any atom is 0.220 e. The Balaban J connectivity index is 1.97. The quantitative estimate of drug-likeness (QED) is 0.766. The predicted molar refractivity (Wildman–Crippen MR) is 97.3 cm³/mol. The zero-order chi connectivity index (χ0) is 17.0. The van der Waals surface area contributed by atoms with Crippen molar-refractivity contribution in [3.8, 4) is 0 Å². The Hall–Kier alpha value is -1.51. The molecule has 2 aromatic carbocycles. The third-order valence-corrected chi connectivity index (χ3v) is 4.64. The highest BCUT2D eigenvalue weighted by molar-refractivity contribution is 6.36. The third-order valence-electron chi connectivity index (χ3n) is 3.93. The van der Waals surface area contributed by atoms with Gasteiger partial charge in [-0.2, -0.15) is 0 Å². The van der Waals surface area contributed by atoms with Crippen molar-refractivity contribution in [2.75, 3.05) is 0 Å². The molecule has 23 heavy (non-hydrogen) atoms. The zero-order valence-corrected chi connectivity index (χ0v) is 15.1. The Kier molecular flexibility index (Phi) is 6.09. The van der Waals surface area contributed by atoms with Crippen molar-refractivity contribution >= 4 is 29.1 Å². The molecule has 0 saturated heterocycles. The summed E-state index contributed by atoms with van der Waals surface area (Å²) in [5.74, 6) is -0.00605. The maximum absolute atomic E-state index is 12.2. The van der Waals surface area contributed by atoms with Gasteiger partial charge < -0.3 is 5.32 Å². The average Bonchev–Trinajstić information content (AvgIpc) is 2.46. The van der Waals surface area contributed by atoms with Gasteiger partial charge in [0.25, 0.3) is 0 Å². The highest BCUT2D eigenvalue weighted by Gasteiger charge is 2.13. The van der Waals surface area contributed by atoms with Gasteiger partial charge in [-0.3, -0.25) is 4.79 Å². The van der Waals surface area contributed by atoms with Crippen LogP contribution < -0.4 is 5.32 Å². The number of carbonyl (C=O) groups excluding carboxylic acids is 1. The average molecular weight is 350 g/mol. The summed E-state index contributed by atoms with van der Waals surface area (Å²) in [4.78, 5) is 12.2. The number of nitrogens with one attached hydrogen (secondary N) is 1. The van der Waals surface area contributed by atoms with Gasteiger partial charge in [0.05, 0.1) is 6.04 Å². The minimum Gasteiger partial charge on any atom is -0.350 e. The van der Waals surface area contributed by atoms with E-state index in [-0.39, 0.29) is 11.9 Å². The number of carbonyl (C=O) groups is 1. The van der Waals surface area contributed by atoms with E-state index in [2.05, 4.69) is 37.4 Å². The van der Waals surface area contributed by atoms with Crippen LogP contribution in [0.1, 0.15) is 41.6 Å². The maximum atomic E-state index is 12.2. The number of halogens is 2. The number of hydrogen-bond acceptors (Lipinski definition) is 1. The minimum absolute atomic E-state index is 0.00605. The Morgan fingerprint density at radius 3 is 2.39 bits per heavy atom. The van der Waals surface area contributed by atoms with Gasteiger partial charge in [0, 0.05) is 16.5 Å². The Morgan fingerprint density at radius 2 is 1.78 bits per heavy atom. The summed E-state index contributed by atoms with van der Waals surface area (Å²) in [6, 6.07) is 11.6. The van der Waals surface area contributed by atoms with Crippen molar-refractivity contribution in [1.82, 2.24) is 5.32 Å². The second-order valence-electron chi connectivity index (χ2n) is 5.85. The van der Waals surface area contributed by atoms with Gasteiger partial charge >= 0.3 is 0 Å². The molecule has 0 fully saturated rings. The number of amides is 1. The van der Waals surface area contributed by atoms with Gasteiger partial charge in [-0.05, 0) is 56.0 Å². The first-order valence-electron chi connectivity index (χ1n) is 7.68. The number of hydrogen-bond donors (Lipinski definition) is 1. The smallest absolute Gasteiger partial charge is 0.220 e. The Labute approximate surface area is 147 Å². The van der Waals surface area contributed by atoms with E-state index in [0.29, 0.717) is 22.9 Å². The lowest BCUT2D eigenvalue weighted by atomic mass is 10.00. The van der Waals surface area contributed by atoms with Gasteiger partial charge in [0.2, 0.25) is 5.91 Å². The first kappa shape index (κ1) is 17.8. The topological polar surface area (TPSA) is 29.1 Å². The van der Waals surface area contributed by atoms with E-state index in [1.165, 1.54) is 11.1 Å². The van der Waals surface area contributed by atoms with Gasteiger partial charge in [0.15, 0.2) is 0 Å². The molecule has 0 radical (unpaired) electrons.